The molecule has 1 aromatic heterocycles. The highest BCUT2D eigenvalue weighted by atomic mass is 35.5. The summed E-state index contributed by atoms with van der Waals surface area (Å²) in [4.78, 5) is 11.1. The largest absolute Gasteiger partial charge is 0.296 e. The molecule has 3 aromatic rings. The summed E-state index contributed by atoms with van der Waals surface area (Å²) >= 11 is 12.2. The van der Waals surface area contributed by atoms with Crippen LogP contribution < -0.4 is 0 Å². The predicted molar refractivity (Wildman–Crippen MR) is 88.2 cm³/mol. The van der Waals surface area contributed by atoms with Gasteiger partial charge in [-0.1, -0.05) is 53.5 Å². The van der Waals surface area contributed by atoms with Crippen molar-refractivity contribution in [1.82, 2.24) is 9.78 Å². The molecule has 1 heterocycles. The van der Waals surface area contributed by atoms with Gasteiger partial charge in [0.1, 0.15) is 5.69 Å². The van der Waals surface area contributed by atoms with Gasteiger partial charge in [0.15, 0.2) is 6.29 Å². The number of hydrogen-bond donors (Lipinski definition) is 0. The summed E-state index contributed by atoms with van der Waals surface area (Å²) < 4.78 is 1.69. The molecule has 0 atom stereocenters. The summed E-state index contributed by atoms with van der Waals surface area (Å²) in [5.41, 5.74) is 3.09. The number of carbonyl (C=O) groups is 1. The maximum atomic E-state index is 11.1. The van der Waals surface area contributed by atoms with E-state index in [9.17, 15) is 4.79 Å². The lowest BCUT2D eigenvalue weighted by atomic mass is 10.1. The number of aldehydes is 1. The van der Waals surface area contributed by atoms with Crippen molar-refractivity contribution in [3.05, 3.63) is 81.6 Å². The fourth-order valence-corrected chi connectivity index (χ4v) is 2.78. The molecule has 0 unspecified atom stereocenters. The van der Waals surface area contributed by atoms with Crippen LogP contribution in [0.2, 0.25) is 10.0 Å². The second kappa shape index (κ2) is 6.34. The molecule has 3 rings (SSSR count). The second-order valence-corrected chi connectivity index (χ2v) is 5.69. The van der Waals surface area contributed by atoms with Crippen LogP contribution in [0, 0.1) is 0 Å². The Morgan fingerprint density at radius 1 is 1.05 bits per heavy atom. The molecule has 0 aliphatic rings. The molecule has 0 bridgehead atoms. The second-order valence-electron chi connectivity index (χ2n) is 4.85. The molecule has 0 aliphatic carbocycles. The molecular weight excluding hydrogens is 319 g/mol. The van der Waals surface area contributed by atoms with Gasteiger partial charge in [-0.05, 0) is 29.8 Å². The zero-order chi connectivity index (χ0) is 15.5. The van der Waals surface area contributed by atoms with E-state index < -0.39 is 0 Å². The van der Waals surface area contributed by atoms with Crippen LogP contribution in [0.25, 0.3) is 5.69 Å². The van der Waals surface area contributed by atoms with Gasteiger partial charge >= 0.3 is 0 Å². The predicted octanol–water partition coefficient (Wildman–Crippen LogP) is 4.58. The lowest BCUT2D eigenvalue weighted by Gasteiger charge is -2.09. The molecule has 3 nitrogen and oxygen atoms in total. The number of aromatic nitrogens is 2. The van der Waals surface area contributed by atoms with Crippen LogP contribution in [-0.4, -0.2) is 16.1 Å². The van der Waals surface area contributed by atoms with Crippen LogP contribution in [-0.2, 0) is 6.42 Å². The average Bonchev–Trinajstić information content (AvgIpc) is 2.91. The number of carbonyl (C=O) groups excluding carboxylic acids is 1. The maximum absolute atomic E-state index is 11.1. The van der Waals surface area contributed by atoms with Crippen molar-refractivity contribution in [2.24, 2.45) is 0 Å². The Bertz CT molecular complexity index is 813. The summed E-state index contributed by atoms with van der Waals surface area (Å²) in [5.74, 6) is 0. The third kappa shape index (κ3) is 3.06. The van der Waals surface area contributed by atoms with E-state index in [0.29, 0.717) is 27.8 Å². The molecule has 0 saturated carbocycles. The maximum Gasteiger partial charge on any atom is 0.170 e. The quantitative estimate of drug-likeness (QED) is 0.656. The Kier molecular flexibility index (Phi) is 4.27. The molecule has 110 valence electrons. The smallest absolute Gasteiger partial charge is 0.170 e. The Hall–Kier alpha value is -2.10. The monoisotopic (exact) mass is 330 g/mol. The highest BCUT2D eigenvalue weighted by Gasteiger charge is 2.13. The van der Waals surface area contributed by atoms with E-state index in [1.165, 1.54) is 0 Å². The van der Waals surface area contributed by atoms with Gasteiger partial charge in [0.2, 0.25) is 0 Å². The van der Waals surface area contributed by atoms with Gasteiger partial charge in [0.25, 0.3) is 0 Å². The van der Waals surface area contributed by atoms with Crippen molar-refractivity contribution in [3.63, 3.8) is 0 Å². The molecule has 0 saturated heterocycles. The fraction of sp³-hybridized carbons (Fsp3) is 0.0588. The van der Waals surface area contributed by atoms with E-state index in [-0.39, 0.29) is 0 Å². The first kappa shape index (κ1) is 14.8. The van der Waals surface area contributed by atoms with Crippen molar-refractivity contribution < 1.29 is 4.79 Å². The number of hydrogen-bond acceptors (Lipinski definition) is 2. The summed E-state index contributed by atoms with van der Waals surface area (Å²) in [6, 6.07) is 16.9. The third-order valence-electron chi connectivity index (χ3n) is 3.29. The third-order valence-corrected chi connectivity index (χ3v) is 3.83. The first-order chi connectivity index (χ1) is 10.7. The van der Waals surface area contributed by atoms with E-state index in [1.54, 1.807) is 28.9 Å². The summed E-state index contributed by atoms with van der Waals surface area (Å²) in [6.45, 7) is 0. The Morgan fingerprint density at radius 2 is 1.82 bits per heavy atom. The van der Waals surface area contributed by atoms with Crippen molar-refractivity contribution >= 4 is 29.5 Å². The normalized spacial score (nSPS) is 10.6. The van der Waals surface area contributed by atoms with Gasteiger partial charge in [-0.3, -0.25) is 4.79 Å². The van der Waals surface area contributed by atoms with Gasteiger partial charge in [0.05, 0.1) is 10.7 Å². The molecule has 0 spiro atoms. The minimum absolute atomic E-state index is 0.372. The van der Waals surface area contributed by atoms with E-state index in [1.807, 2.05) is 30.3 Å². The number of nitrogens with zero attached hydrogens (tertiary/aromatic N) is 2. The van der Waals surface area contributed by atoms with Gasteiger partial charge < -0.3 is 0 Å². The van der Waals surface area contributed by atoms with Crippen LogP contribution in [0.1, 0.15) is 21.7 Å². The van der Waals surface area contributed by atoms with E-state index in [0.717, 1.165) is 17.5 Å². The Morgan fingerprint density at radius 3 is 2.50 bits per heavy atom. The molecule has 0 amide bonds. The first-order valence-electron chi connectivity index (χ1n) is 6.71. The van der Waals surface area contributed by atoms with Gasteiger partial charge in [-0.2, -0.15) is 5.10 Å². The SMILES string of the molecule is O=Cc1cc(Cc2ccccc2)n(-c2ccc(Cl)cc2Cl)n1. The molecule has 0 fully saturated rings. The van der Waals surface area contributed by atoms with Crippen LogP contribution in [0.5, 0.6) is 0 Å². The highest BCUT2D eigenvalue weighted by Crippen LogP contribution is 2.26. The van der Waals surface area contributed by atoms with Crippen molar-refractivity contribution in [3.8, 4) is 5.69 Å². The van der Waals surface area contributed by atoms with Gasteiger partial charge in [-0.15, -0.1) is 0 Å². The standard InChI is InChI=1S/C17H12Cl2N2O/c18-13-6-7-17(16(19)9-13)21-15(10-14(11-22)20-21)8-12-4-2-1-3-5-12/h1-7,9-11H,8H2. The topological polar surface area (TPSA) is 34.9 Å². The summed E-state index contributed by atoms with van der Waals surface area (Å²) in [6.07, 6.45) is 1.38. The Labute approximate surface area is 138 Å². The van der Waals surface area contributed by atoms with Gasteiger partial charge in [-0.25, -0.2) is 4.68 Å². The number of rotatable bonds is 4. The number of benzene rings is 2. The lowest BCUT2D eigenvalue weighted by molar-refractivity contribution is 0.111. The molecular formula is C17H12Cl2N2O. The molecule has 5 heteroatoms. The first-order valence-corrected chi connectivity index (χ1v) is 7.46. The van der Waals surface area contributed by atoms with Crippen LogP contribution in [0.3, 0.4) is 0 Å². The van der Waals surface area contributed by atoms with E-state index in [4.69, 9.17) is 23.2 Å². The zero-order valence-electron chi connectivity index (χ0n) is 11.5. The molecule has 0 N–H and O–H groups in total. The summed E-state index contributed by atoms with van der Waals surface area (Å²) in [5, 5.41) is 5.35. The van der Waals surface area contributed by atoms with E-state index in [2.05, 4.69) is 5.10 Å². The fourth-order valence-electron chi connectivity index (χ4n) is 2.29. The van der Waals surface area contributed by atoms with Crippen LogP contribution in [0.4, 0.5) is 0 Å². The van der Waals surface area contributed by atoms with Crippen molar-refractivity contribution in [2.75, 3.05) is 0 Å². The molecule has 2 aromatic carbocycles. The van der Waals surface area contributed by atoms with Crippen LogP contribution in [0.15, 0.2) is 54.6 Å². The lowest BCUT2D eigenvalue weighted by Crippen LogP contribution is -2.04. The van der Waals surface area contributed by atoms with E-state index >= 15 is 0 Å². The molecule has 22 heavy (non-hydrogen) atoms. The zero-order valence-corrected chi connectivity index (χ0v) is 13.1. The highest BCUT2D eigenvalue weighted by molar-refractivity contribution is 6.35. The number of halogens is 2. The Balaban J connectivity index is 2.07. The average molecular weight is 331 g/mol. The van der Waals surface area contributed by atoms with Crippen molar-refractivity contribution in [2.45, 2.75) is 6.42 Å². The molecule has 0 radical (unpaired) electrons. The summed E-state index contributed by atoms with van der Waals surface area (Å²) in [7, 11) is 0. The minimum Gasteiger partial charge on any atom is -0.296 e. The minimum atomic E-state index is 0.372. The van der Waals surface area contributed by atoms with Crippen molar-refractivity contribution in [1.29, 1.82) is 0 Å². The van der Waals surface area contributed by atoms with Gasteiger partial charge in [0, 0.05) is 17.1 Å². The molecule has 0 aliphatic heterocycles. The van der Waals surface area contributed by atoms with Crippen LogP contribution >= 0.6 is 23.2 Å².